The number of esters is 1. The van der Waals surface area contributed by atoms with E-state index in [9.17, 15) is 14.4 Å². The second kappa shape index (κ2) is 15.8. The summed E-state index contributed by atoms with van der Waals surface area (Å²) in [6.07, 6.45) is -0.197. The van der Waals surface area contributed by atoms with Crippen molar-refractivity contribution in [3.8, 4) is 5.75 Å². The van der Waals surface area contributed by atoms with E-state index in [-0.39, 0.29) is 26.4 Å². The van der Waals surface area contributed by atoms with Gasteiger partial charge in [0.2, 0.25) is 0 Å². The van der Waals surface area contributed by atoms with Gasteiger partial charge in [-0.1, -0.05) is 57.0 Å². The number of aromatic nitrogens is 2. The van der Waals surface area contributed by atoms with Crippen LogP contribution in [0.25, 0.3) is 0 Å². The zero-order valence-corrected chi connectivity index (χ0v) is 25.5. The molecule has 1 aromatic heterocycles. The van der Waals surface area contributed by atoms with Crippen molar-refractivity contribution in [2.24, 2.45) is 0 Å². The van der Waals surface area contributed by atoms with Crippen molar-refractivity contribution in [1.29, 1.82) is 0 Å². The van der Waals surface area contributed by atoms with E-state index in [1.54, 1.807) is 61.7 Å². The quantitative estimate of drug-likeness (QED) is 0.172. The van der Waals surface area contributed by atoms with E-state index in [1.807, 2.05) is 13.8 Å². The second-order valence-corrected chi connectivity index (χ2v) is 10.8. The highest BCUT2D eigenvalue weighted by Crippen LogP contribution is 2.41. The monoisotopic (exact) mass is 612 g/mol. The van der Waals surface area contributed by atoms with Crippen LogP contribution >= 0.6 is 0 Å². The fourth-order valence-corrected chi connectivity index (χ4v) is 5.02. The zero-order valence-electron chi connectivity index (χ0n) is 25.5. The minimum Gasteiger partial charge on any atom is -0.497 e. The molecule has 3 aromatic rings. The van der Waals surface area contributed by atoms with E-state index in [4.69, 9.17) is 23.7 Å². The first-order valence-corrected chi connectivity index (χ1v) is 15.0. The summed E-state index contributed by atoms with van der Waals surface area (Å²) in [5.74, 6) is 0.0179. The number of carbonyl (C=O) groups is 1. The van der Waals surface area contributed by atoms with E-state index in [0.717, 1.165) is 28.4 Å². The lowest BCUT2D eigenvalue weighted by Gasteiger charge is -2.33. The number of benzene rings is 2. The number of rotatable bonds is 16. The average molecular weight is 613 g/mol. The lowest BCUT2D eigenvalue weighted by Crippen LogP contribution is -2.52. The van der Waals surface area contributed by atoms with Gasteiger partial charge in [0.15, 0.2) is 18.0 Å². The van der Waals surface area contributed by atoms with Crippen LogP contribution in [0.4, 0.5) is 4.39 Å². The Kier molecular flexibility index (Phi) is 11.9. The minimum atomic E-state index is -1.85. The molecule has 10 nitrogen and oxygen atoms in total. The summed E-state index contributed by atoms with van der Waals surface area (Å²) in [6, 6.07) is 16.6. The van der Waals surface area contributed by atoms with Crippen LogP contribution in [-0.2, 0) is 25.5 Å². The number of methoxy groups -OCH3 is 1. The molecule has 0 radical (unpaired) electrons. The first-order valence-electron chi connectivity index (χ1n) is 15.0. The smallest absolute Gasteiger partial charge is 0.338 e. The third kappa shape index (κ3) is 7.82. The molecule has 0 unspecified atom stereocenters. The average Bonchev–Trinajstić information content (AvgIpc) is 3.31. The summed E-state index contributed by atoms with van der Waals surface area (Å²) in [7, 11) is 1.54. The fraction of sp³-hybridized carbons (Fsp3) is 0.485. The van der Waals surface area contributed by atoms with E-state index in [2.05, 4.69) is 0 Å². The summed E-state index contributed by atoms with van der Waals surface area (Å²) in [4.78, 5) is 39.4. The van der Waals surface area contributed by atoms with Crippen molar-refractivity contribution >= 4 is 5.97 Å². The van der Waals surface area contributed by atoms with Gasteiger partial charge in [0.1, 0.15) is 18.5 Å². The highest BCUT2D eigenvalue weighted by atomic mass is 19.1. The Hall–Kier alpha value is -3.80. The predicted octanol–water partition coefficient (Wildman–Crippen LogP) is 4.53. The molecular weight excluding hydrogens is 571 g/mol. The standard InChI is InChI=1S/C33H41FN2O8/c1-4-6-19-41-22-33(23-43-31(38)25-11-9-8-10-12-25)29(42-20-7-5-2)28(34)30(44-33)35-18-17-27(37)36(32(35)39)21-24-13-15-26(40-3)16-14-24/h8-18,28-30H,4-7,19-23H2,1-3H3/t28-,29+,30-,33+/m1/s1. The maximum absolute atomic E-state index is 16.5. The lowest BCUT2D eigenvalue weighted by atomic mass is 9.97. The van der Waals surface area contributed by atoms with Crippen LogP contribution in [0.5, 0.6) is 5.75 Å². The number of carbonyl (C=O) groups excluding carboxylic acids is 1. The van der Waals surface area contributed by atoms with Crippen molar-refractivity contribution in [3.63, 3.8) is 0 Å². The number of alkyl halides is 1. The number of nitrogens with zero attached hydrogens (tertiary/aromatic N) is 2. The summed E-state index contributed by atoms with van der Waals surface area (Å²) in [5.41, 5.74) is -1.85. The Morgan fingerprint density at radius 1 is 0.955 bits per heavy atom. The number of hydrogen-bond acceptors (Lipinski definition) is 8. The predicted molar refractivity (Wildman–Crippen MR) is 162 cm³/mol. The van der Waals surface area contributed by atoms with Gasteiger partial charge >= 0.3 is 11.7 Å². The van der Waals surface area contributed by atoms with E-state index >= 15 is 4.39 Å². The normalized spacial score (nSPS) is 21.3. The summed E-state index contributed by atoms with van der Waals surface area (Å²) in [6.45, 7) is 4.06. The van der Waals surface area contributed by atoms with Crippen molar-refractivity contribution in [3.05, 3.63) is 98.8 Å². The van der Waals surface area contributed by atoms with Gasteiger partial charge < -0.3 is 23.7 Å². The minimum absolute atomic E-state index is 0.0391. The van der Waals surface area contributed by atoms with Gasteiger partial charge in [-0.25, -0.2) is 14.0 Å². The molecular formula is C33H41FN2O8. The van der Waals surface area contributed by atoms with Crippen LogP contribution in [0.3, 0.4) is 0 Å². The number of hydrogen-bond donors (Lipinski definition) is 0. The molecule has 2 aromatic carbocycles. The van der Waals surface area contributed by atoms with Gasteiger partial charge in [0, 0.05) is 25.5 Å². The Morgan fingerprint density at radius 3 is 2.34 bits per heavy atom. The van der Waals surface area contributed by atoms with Gasteiger partial charge in [-0.05, 0) is 42.7 Å². The Balaban J connectivity index is 1.68. The summed E-state index contributed by atoms with van der Waals surface area (Å²) < 4.78 is 47.7. The third-order valence-electron chi connectivity index (χ3n) is 7.55. The summed E-state index contributed by atoms with van der Waals surface area (Å²) in [5, 5.41) is 0. The van der Waals surface area contributed by atoms with Crippen LogP contribution in [0.2, 0.25) is 0 Å². The van der Waals surface area contributed by atoms with Gasteiger partial charge in [-0.3, -0.25) is 13.9 Å². The second-order valence-electron chi connectivity index (χ2n) is 10.8. The van der Waals surface area contributed by atoms with Crippen molar-refractivity contribution in [2.75, 3.05) is 33.5 Å². The SMILES string of the molecule is CCCCOC[C@@]1(COC(=O)c2ccccc2)O[C@@H](n2ccc(=O)n(Cc3ccc(OC)cc3)c2=O)[C@H](F)[C@@H]1OCCCC. The first-order chi connectivity index (χ1) is 21.3. The largest absolute Gasteiger partial charge is 0.497 e. The first kappa shape index (κ1) is 33.1. The van der Waals surface area contributed by atoms with E-state index in [0.29, 0.717) is 29.9 Å². The van der Waals surface area contributed by atoms with Crippen molar-refractivity contribution in [2.45, 2.75) is 70.2 Å². The molecule has 1 fully saturated rings. The molecule has 238 valence electrons. The number of ether oxygens (including phenoxy) is 5. The summed E-state index contributed by atoms with van der Waals surface area (Å²) >= 11 is 0. The van der Waals surface area contributed by atoms with Crippen LogP contribution < -0.4 is 16.0 Å². The van der Waals surface area contributed by atoms with Crippen LogP contribution in [0.1, 0.15) is 61.7 Å². The van der Waals surface area contributed by atoms with E-state index in [1.165, 1.54) is 12.3 Å². The topological polar surface area (TPSA) is 107 Å². The molecule has 0 spiro atoms. The zero-order chi connectivity index (χ0) is 31.5. The molecule has 0 aliphatic carbocycles. The molecule has 1 aliphatic heterocycles. The Bertz CT molecular complexity index is 1460. The molecule has 0 N–H and O–H groups in total. The molecule has 11 heteroatoms. The van der Waals surface area contributed by atoms with Crippen LogP contribution in [0.15, 0.2) is 76.4 Å². The number of unbranched alkanes of at least 4 members (excludes halogenated alkanes) is 2. The molecule has 0 bridgehead atoms. The Labute approximate surface area is 256 Å². The molecule has 0 amide bonds. The lowest BCUT2D eigenvalue weighted by molar-refractivity contribution is -0.172. The van der Waals surface area contributed by atoms with Gasteiger partial charge in [0.25, 0.3) is 5.56 Å². The molecule has 4 atom stereocenters. The van der Waals surface area contributed by atoms with Crippen molar-refractivity contribution < 1.29 is 32.9 Å². The molecule has 44 heavy (non-hydrogen) atoms. The number of halogens is 1. The highest BCUT2D eigenvalue weighted by Gasteiger charge is 2.59. The van der Waals surface area contributed by atoms with Gasteiger partial charge in [0.05, 0.1) is 25.8 Å². The maximum Gasteiger partial charge on any atom is 0.338 e. The molecule has 0 saturated carbocycles. The van der Waals surface area contributed by atoms with Crippen LogP contribution in [0, 0.1) is 0 Å². The Morgan fingerprint density at radius 2 is 1.66 bits per heavy atom. The van der Waals surface area contributed by atoms with Crippen LogP contribution in [-0.4, -0.2) is 66.5 Å². The maximum atomic E-state index is 16.5. The highest BCUT2D eigenvalue weighted by molar-refractivity contribution is 5.89. The third-order valence-corrected chi connectivity index (χ3v) is 7.55. The molecule has 1 aliphatic rings. The van der Waals surface area contributed by atoms with Gasteiger partial charge in [-0.2, -0.15) is 0 Å². The molecule has 1 saturated heterocycles. The van der Waals surface area contributed by atoms with Crippen molar-refractivity contribution in [1.82, 2.24) is 9.13 Å². The molecule has 4 rings (SSSR count). The van der Waals surface area contributed by atoms with E-state index < -0.39 is 41.3 Å². The fourth-order valence-electron chi connectivity index (χ4n) is 5.02. The molecule has 2 heterocycles. The van der Waals surface area contributed by atoms with Gasteiger partial charge in [-0.15, -0.1) is 0 Å².